The van der Waals surface area contributed by atoms with Crippen LogP contribution in [0.5, 0.6) is 0 Å². The maximum atomic E-state index is 11.3. The Labute approximate surface area is 109 Å². The van der Waals surface area contributed by atoms with E-state index in [0.29, 0.717) is 12.6 Å². The lowest BCUT2D eigenvalue weighted by Gasteiger charge is -2.36. The molecular formula is C14H25NO3. The fraction of sp³-hybridized carbons (Fsp3) is 0.929. The highest BCUT2D eigenvalue weighted by molar-refractivity contribution is 5.71. The first-order valence-electron chi connectivity index (χ1n) is 7.12. The van der Waals surface area contributed by atoms with E-state index in [1.807, 2.05) is 0 Å². The summed E-state index contributed by atoms with van der Waals surface area (Å²) in [6.07, 6.45) is 5.51. The SMILES string of the molecule is COCCN(C(C)C1CC1)C1CCCC1C(=O)O. The van der Waals surface area contributed by atoms with Crippen LogP contribution in [0.2, 0.25) is 0 Å². The van der Waals surface area contributed by atoms with Crippen LogP contribution in [-0.4, -0.2) is 48.3 Å². The molecule has 2 saturated carbocycles. The summed E-state index contributed by atoms with van der Waals surface area (Å²) in [5.41, 5.74) is 0. The highest BCUT2D eigenvalue weighted by Crippen LogP contribution is 2.39. The van der Waals surface area contributed by atoms with Crippen LogP contribution in [0.3, 0.4) is 0 Å². The van der Waals surface area contributed by atoms with E-state index in [0.717, 1.165) is 31.7 Å². The topological polar surface area (TPSA) is 49.8 Å². The van der Waals surface area contributed by atoms with E-state index in [4.69, 9.17) is 4.74 Å². The van der Waals surface area contributed by atoms with Gasteiger partial charge >= 0.3 is 5.97 Å². The summed E-state index contributed by atoms with van der Waals surface area (Å²) in [7, 11) is 1.71. The molecule has 0 aromatic heterocycles. The van der Waals surface area contributed by atoms with Gasteiger partial charge in [-0.25, -0.2) is 0 Å². The molecule has 2 fully saturated rings. The van der Waals surface area contributed by atoms with Gasteiger partial charge in [0, 0.05) is 25.7 Å². The van der Waals surface area contributed by atoms with Gasteiger partial charge in [-0.15, -0.1) is 0 Å². The van der Waals surface area contributed by atoms with Crippen molar-refractivity contribution < 1.29 is 14.6 Å². The normalized spacial score (nSPS) is 29.7. The Morgan fingerprint density at radius 1 is 1.39 bits per heavy atom. The van der Waals surface area contributed by atoms with Crippen molar-refractivity contribution in [3.8, 4) is 0 Å². The van der Waals surface area contributed by atoms with Gasteiger partial charge in [-0.3, -0.25) is 9.69 Å². The highest BCUT2D eigenvalue weighted by atomic mass is 16.5. The van der Waals surface area contributed by atoms with Crippen LogP contribution in [0.1, 0.15) is 39.0 Å². The second kappa shape index (κ2) is 6.02. The smallest absolute Gasteiger partial charge is 0.308 e. The molecule has 0 amide bonds. The van der Waals surface area contributed by atoms with Crippen LogP contribution in [0.4, 0.5) is 0 Å². The number of hydrogen-bond acceptors (Lipinski definition) is 3. The molecule has 3 atom stereocenters. The number of methoxy groups -OCH3 is 1. The van der Waals surface area contributed by atoms with Gasteiger partial charge in [-0.05, 0) is 38.5 Å². The van der Waals surface area contributed by atoms with E-state index in [1.165, 1.54) is 12.8 Å². The summed E-state index contributed by atoms with van der Waals surface area (Å²) >= 11 is 0. The van der Waals surface area contributed by atoms with Crippen molar-refractivity contribution in [1.29, 1.82) is 0 Å². The molecule has 0 saturated heterocycles. The minimum atomic E-state index is -0.622. The molecule has 2 aliphatic carbocycles. The quantitative estimate of drug-likeness (QED) is 0.756. The molecule has 0 radical (unpaired) electrons. The van der Waals surface area contributed by atoms with E-state index in [-0.39, 0.29) is 12.0 Å². The second-order valence-corrected chi connectivity index (χ2v) is 5.75. The number of carbonyl (C=O) groups is 1. The number of ether oxygens (including phenoxy) is 1. The molecule has 4 nitrogen and oxygen atoms in total. The van der Waals surface area contributed by atoms with Crippen molar-refractivity contribution in [3.63, 3.8) is 0 Å². The van der Waals surface area contributed by atoms with Crippen molar-refractivity contribution >= 4 is 5.97 Å². The van der Waals surface area contributed by atoms with Gasteiger partial charge in [0.05, 0.1) is 12.5 Å². The van der Waals surface area contributed by atoms with E-state index in [9.17, 15) is 9.90 Å². The van der Waals surface area contributed by atoms with E-state index < -0.39 is 5.97 Å². The van der Waals surface area contributed by atoms with Gasteiger partial charge in [-0.2, -0.15) is 0 Å². The van der Waals surface area contributed by atoms with E-state index in [2.05, 4.69) is 11.8 Å². The maximum Gasteiger partial charge on any atom is 0.308 e. The highest BCUT2D eigenvalue weighted by Gasteiger charge is 2.41. The minimum Gasteiger partial charge on any atom is -0.481 e. The van der Waals surface area contributed by atoms with E-state index >= 15 is 0 Å². The summed E-state index contributed by atoms with van der Waals surface area (Å²) in [5, 5.41) is 9.34. The standard InChI is InChI=1S/C14H25NO3/c1-10(11-6-7-11)15(8-9-18-2)13-5-3-4-12(13)14(16)17/h10-13H,3-9H2,1-2H3,(H,16,17). The van der Waals surface area contributed by atoms with Crippen molar-refractivity contribution in [3.05, 3.63) is 0 Å². The van der Waals surface area contributed by atoms with Gasteiger partial charge in [0.2, 0.25) is 0 Å². The first-order valence-corrected chi connectivity index (χ1v) is 7.12. The Morgan fingerprint density at radius 2 is 2.11 bits per heavy atom. The Bertz CT molecular complexity index is 291. The minimum absolute atomic E-state index is 0.178. The van der Waals surface area contributed by atoms with Gasteiger partial charge in [0.1, 0.15) is 0 Å². The summed E-state index contributed by atoms with van der Waals surface area (Å²) in [6.45, 7) is 3.81. The Kier molecular flexibility index (Phi) is 4.62. The number of aliphatic carboxylic acids is 1. The molecule has 18 heavy (non-hydrogen) atoms. The average molecular weight is 255 g/mol. The number of rotatable bonds is 7. The molecule has 0 aliphatic heterocycles. The lowest BCUT2D eigenvalue weighted by Crippen LogP contribution is -2.48. The molecule has 2 aliphatic rings. The summed E-state index contributed by atoms with van der Waals surface area (Å²) in [6, 6.07) is 0.721. The van der Waals surface area contributed by atoms with Gasteiger partial charge in [-0.1, -0.05) is 6.42 Å². The second-order valence-electron chi connectivity index (χ2n) is 5.75. The summed E-state index contributed by atoms with van der Waals surface area (Å²) < 4.78 is 5.19. The summed E-state index contributed by atoms with van der Waals surface area (Å²) in [5.74, 6) is -0.0251. The molecule has 0 aromatic rings. The molecule has 2 rings (SSSR count). The predicted molar refractivity (Wildman–Crippen MR) is 69.5 cm³/mol. The lowest BCUT2D eigenvalue weighted by atomic mass is 9.99. The van der Waals surface area contributed by atoms with Crippen LogP contribution in [0.25, 0.3) is 0 Å². The zero-order chi connectivity index (χ0) is 13.1. The van der Waals surface area contributed by atoms with Crippen LogP contribution >= 0.6 is 0 Å². The fourth-order valence-corrected chi connectivity index (χ4v) is 3.34. The zero-order valence-electron chi connectivity index (χ0n) is 11.5. The van der Waals surface area contributed by atoms with Crippen LogP contribution < -0.4 is 0 Å². The van der Waals surface area contributed by atoms with Crippen molar-refractivity contribution in [2.24, 2.45) is 11.8 Å². The van der Waals surface area contributed by atoms with Crippen LogP contribution in [-0.2, 0) is 9.53 Å². The number of hydrogen-bond donors (Lipinski definition) is 1. The monoisotopic (exact) mass is 255 g/mol. The largest absolute Gasteiger partial charge is 0.481 e. The van der Waals surface area contributed by atoms with Crippen molar-refractivity contribution in [2.75, 3.05) is 20.3 Å². The fourth-order valence-electron chi connectivity index (χ4n) is 3.34. The van der Waals surface area contributed by atoms with Crippen LogP contribution in [0.15, 0.2) is 0 Å². The Morgan fingerprint density at radius 3 is 2.67 bits per heavy atom. The van der Waals surface area contributed by atoms with Gasteiger partial charge in [0.15, 0.2) is 0 Å². The molecule has 0 heterocycles. The third-order valence-electron chi connectivity index (χ3n) is 4.60. The van der Waals surface area contributed by atoms with Gasteiger partial charge in [0.25, 0.3) is 0 Å². The molecule has 3 unspecified atom stereocenters. The molecule has 1 N–H and O–H groups in total. The maximum absolute atomic E-state index is 11.3. The molecule has 4 heteroatoms. The zero-order valence-corrected chi connectivity index (χ0v) is 11.5. The lowest BCUT2D eigenvalue weighted by molar-refractivity contribution is -0.144. The van der Waals surface area contributed by atoms with E-state index in [1.54, 1.807) is 7.11 Å². The Balaban J connectivity index is 2.03. The molecule has 0 bridgehead atoms. The first-order chi connectivity index (χ1) is 8.65. The number of nitrogens with zero attached hydrogens (tertiary/aromatic N) is 1. The third kappa shape index (κ3) is 3.04. The molecular weight excluding hydrogens is 230 g/mol. The van der Waals surface area contributed by atoms with Crippen molar-refractivity contribution in [2.45, 2.75) is 51.1 Å². The predicted octanol–water partition coefficient (Wildman–Crippen LogP) is 1.99. The van der Waals surface area contributed by atoms with Gasteiger partial charge < -0.3 is 9.84 Å². The third-order valence-corrected chi connectivity index (χ3v) is 4.60. The van der Waals surface area contributed by atoms with Crippen LogP contribution in [0, 0.1) is 11.8 Å². The summed E-state index contributed by atoms with van der Waals surface area (Å²) in [4.78, 5) is 13.8. The average Bonchev–Trinajstić information content (AvgIpc) is 3.08. The first kappa shape index (κ1) is 13.8. The number of carboxylic acid groups (broad SMARTS) is 1. The molecule has 0 spiro atoms. The Hall–Kier alpha value is -0.610. The van der Waals surface area contributed by atoms with Crippen molar-refractivity contribution in [1.82, 2.24) is 4.90 Å². The molecule has 104 valence electrons. The number of carboxylic acids is 1. The molecule has 0 aromatic carbocycles.